The van der Waals surface area contributed by atoms with E-state index in [0.717, 1.165) is 23.1 Å². The van der Waals surface area contributed by atoms with Crippen molar-refractivity contribution in [2.75, 3.05) is 5.32 Å². The first-order chi connectivity index (χ1) is 18.7. The van der Waals surface area contributed by atoms with Crippen LogP contribution in [-0.2, 0) is 19.1 Å². The highest BCUT2D eigenvalue weighted by atomic mass is 35.5. The van der Waals surface area contributed by atoms with Crippen LogP contribution in [0.5, 0.6) is 0 Å². The summed E-state index contributed by atoms with van der Waals surface area (Å²) < 4.78 is 5.35. The van der Waals surface area contributed by atoms with Gasteiger partial charge in [0.05, 0.1) is 17.1 Å². The molecule has 1 fully saturated rings. The van der Waals surface area contributed by atoms with Gasteiger partial charge in [-0.3, -0.25) is 14.4 Å². The van der Waals surface area contributed by atoms with Crippen LogP contribution in [0.2, 0.25) is 5.02 Å². The number of anilines is 1. The second-order valence-electron chi connectivity index (χ2n) is 11.4. The van der Waals surface area contributed by atoms with E-state index < -0.39 is 47.9 Å². The molecule has 4 amide bonds. The van der Waals surface area contributed by atoms with Gasteiger partial charge in [0, 0.05) is 6.04 Å². The predicted molar refractivity (Wildman–Crippen MR) is 155 cm³/mol. The molecule has 1 saturated carbocycles. The van der Waals surface area contributed by atoms with E-state index in [0.29, 0.717) is 29.1 Å². The van der Waals surface area contributed by atoms with Gasteiger partial charge in [-0.2, -0.15) is 0 Å². The van der Waals surface area contributed by atoms with Crippen LogP contribution in [0, 0.1) is 20.8 Å². The largest absolute Gasteiger partial charge is 0.444 e. The molecule has 40 heavy (non-hydrogen) atoms. The standard InChI is InChI=1S/C30H39ClN4O5/c1-17-13-14-18(2)21(15-17)26(27(37)34-25-19(3)9-7-12-22(25)31)35(20-10-8-11-20)28(38)23(16-24(32)36)33-29(39)40-30(4,5)6/h7,9,12-15,20,23,26H,8,10-11,16H2,1-6H3,(H2,32,36)(H,33,39)(H,34,37). The van der Waals surface area contributed by atoms with Gasteiger partial charge in [-0.05, 0) is 83.6 Å². The number of nitrogens with two attached hydrogens (primary N) is 1. The minimum Gasteiger partial charge on any atom is -0.444 e. The average Bonchev–Trinajstić information content (AvgIpc) is 2.79. The van der Waals surface area contributed by atoms with Crippen molar-refractivity contribution in [3.63, 3.8) is 0 Å². The van der Waals surface area contributed by atoms with Gasteiger partial charge in [-0.25, -0.2) is 4.79 Å². The second-order valence-corrected chi connectivity index (χ2v) is 11.8. The second kappa shape index (κ2) is 12.7. The fourth-order valence-corrected chi connectivity index (χ4v) is 4.94. The maximum Gasteiger partial charge on any atom is 0.408 e. The third kappa shape index (κ3) is 7.75. The molecule has 0 spiro atoms. The molecule has 0 radical (unpaired) electrons. The molecule has 216 valence electrons. The van der Waals surface area contributed by atoms with Crippen molar-refractivity contribution in [1.29, 1.82) is 0 Å². The van der Waals surface area contributed by atoms with Gasteiger partial charge >= 0.3 is 6.09 Å². The summed E-state index contributed by atoms with van der Waals surface area (Å²) in [6, 6.07) is 8.33. The average molecular weight is 571 g/mol. The minimum atomic E-state index is -1.32. The molecule has 0 bridgehead atoms. The Kier molecular flexibility index (Phi) is 9.84. The first kappa shape index (κ1) is 30.9. The van der Waals surface area contributed by atoms with E-state index in [-0.39, 0.29) is 6.04 Å². The summed E-state index contributed by atoms with van der Waals surface area (Å²) in [7, 11) is 0. The molecule has 9 nitrogen and oxygen atoms in total. The highest BCUT2D eigenvalue weighted by molar-refractivity contribution is 6.34. The number of hydrogen-bond donors (Lipinski definition) is 3. The number of benzene rings is 2. The third-order valence-corrected chi connectivity index (χ3v) is 7.16. The van der Waals surface area contributed by atoms with Crippen LogP contribution in [-0.4, -0.2) is 46.4 Å². The van der Waals surface area contributed by atoms with Crippen molar-refractivity contribution < 1.29 is 23.9 Å². The van der Waals surface area contributed by atoms with Crippen LogP contribution in [0.1, 0.15) is 74.8 Å². The summed E-state index contributed by atoms with van der Waals surface area (Å²) in [5.41, 5.74) is 8.23. The van der Waals surface area contributed by atoms with E-state index in [1.54, 1.807) is 32.9 Å². The third-order valence-electron chi connectivity index (χ3n) is 6.84. The molecule has 10 heteroatoms. The maximum atomic E-state index is 14.3. The number of ether oxygens (including phenoxy) is 1. The number of carbonyl (C=O) groups excluding carboxylic acids is 4. The van der Waals surface area contributed by atoms with E-state index >= 15 is 0 Å². The highest BCUT2D eigenvalue weighted by Crippen LogP contribution is 2.37. The van der Waals surface area contributed by atoms with E-state index in [2.05, 4.69) is 10.6 Å². The number of rotatable bonds is 9. The SMILES string of the molecule is Cc1ccc(C)c(C(C(=O)Nc2c(C)cccc2Cl)N(C(=O)C(CC(N)=O)NC(=O)OC(C)(C)C)C2CCC2)c1. The summed E-state index contributed by atoms with van der Waals surface area (Å²) in [6.07, 6.45) is 0.897. The minimum absolute atomic E-state index is 0.286. The quantitative estimate of drug-likeness (QED) is 0.386. The van der Waals surface area contributed by atoms with E-state index in [4.69, 9.17) is 22.1 Å². The van der Waals surface area contributed by atoms with Gasteiger partial charge in [0.2, 0.25) is 11.8 Å². The van der Waals surface area contributed by atoms with Crippen LogP contribution in [0.3, 0.4) is 0 Å². The molecule has 2 atom stereocenters. The van der Waals surface area contributed by atoms with Crippen molar-refractivity contribution >= 4 is 41.1 Å². The Labute approximate surface area is 240 Å². The van der Waals surface area contributed by atoms with E-state index in [9.17, 15) is 19.2 Å². The number of amides is 4. The van der Waals surface area contributed by atoms with Gasteiger partial charge in [0.25, 0.3) is 5.91 Å². The fourth-order valence-electron chi connectivity index (χ4n) is 4.67. The first-order valence-corrected chi connectivity index (χ1v) is 13.8. The zero-order valence-corrected chi connectivity index (χ0v) is 24.7. The number of para-hydroxylation sites is 1. The topological polar surface area (TPSA) is 131 Å². The van der Waals surface area contributed by atoms with Crippen molar-refractivity contribution in [2.45, 2.75) is 91.0 Å². The van der Waals surface area contributed by atoms with Crippen LogP contribution in [0.4, 0.5) is 10.5 Å². The predicted octanol–water partition coefficient (Wildman–Crippen LogP) is 5.09. The number of alkyl carbamates (subject to hydrolysis) is 1. The van der Waals surface area contributed by atoms with Gasteiger partial charge in [0.15, 0.2) is 0 Å². The summed E-state index contributed by atoms with van der Waals surface area (Å²) in [5, 5.41) is 5.83. The van der Waals surface area contributed by atoms with Gasteiger partial charge in [-0.1, -0.05) is 47.5 Å². The van der Waals surface area contributed by atoms with Gasteiger partial charge in [-0.15, -0.1) is 0 Å². The molecule has 1 aliphatic rings. The summed E-state index contributed by atoms with van der Waals surface area (Å²) in [5.74, 6) is -1.83. The molecule has 2 aromatic carbocycles. The summed E-state index contributed by atoms with van der Waals surface area (Å²) >= 11 is 6.43. The molecular weight excluding hydrogens is 532 g/mol. The van der Waals surface area contributed by atoms with Crippen molar-refractivity contribution in [1.82, 2.24) is 10.2 Å². The fraction of sp³-hybridized carbons (Fsp3) is 0.467. The molecule has 0 heterocycles. The molecular formula is C30H39ClN4O5. The Hall–Kier alpha value is -3.59. The molecule has 3 rings (SSSR count). The van der Waals surface area contributed by atoms with Crippen molar-refractivity contribution in [2.24, 2.45) is 5.73 Å². The van der Waals surface area contributed by atoms with Crippen LogP contribution >= 0.6 is 11.6 Å². The lowest BCUT2D eigenvalue weighted by Gasteiger charge is -2.44. The van der Waals surface area contributed by atoms with Crippen LogP contribution in [0.25, 0.3) is 0 Å². The summed E-state index contributed by atoms with van der Waals surface area (Å²) in [6.45, 7) is 10.7. The van der Waals surface area contributed by atoms with Crippen molar-refractivity contribution in [3.8, 4) is 0 Å². The highest BCUT2D eigenvalue weighted by Gasteiger charge is 2.43. The number of hydrogen-bond acceptors (Lipinski definition) is 5. The Morgan fingerprint density at radius 3 is 2.30 bits per heavy atom. The Morgan fingerprint density at radius 1 is 1.07 bits per heavy atom. The zero-order valence-electron chi connectivity index (χ0n) is 24.0. The number of halogens is 1. The molecule has 1 aliphatic carbocycles. The van der Waals surface area contributed by atoms with Gasteiger partial charge in [0.1, 0.15) is 17.7 Å². The number of nitrogens with zero attached hydrogens (tertiary/aromatic N) is 1. The maximum absolute atomic E-state index is 14.3. The smallest absolute Gasteiger partial charge is 0.408 e. The van der Waals surface area contributed by atoms with Gasteiger partial charge < -0.3 is 26.0 Å². The molecule has 4 N–H and O–H groups in total. The van der Waals surface area contributed by atoms with Crippen LogP contribution in [0.15, 0.2) is 36.4 Å². The zero-order chi connectivity index (χ0) is 29.8. The molecule has 2 unspecified atom stereocenters. The van der Waals surface area contributed by atoms with Crippen LogP contribution < -0.4 is 16.4 Å². The number of aryl methyl sites for hydroxylation is 3. The lowest BCUT2D eigenvalue weighted by atomic mass is 9.86. The van der Waals surface area contributed by atoms with E-state index in [1.807, 2.05) is 45.0 Å². The normalized spacial score (nSPS) is 14.9. The number of primary amides is 1. The monoisotopic (exact) mass is 570 g/mol. The Morgan fingerprint density at radius 2 is 1.75 bits per heavy atom. The lowest BCUT2D eigenvalue weighted by Crippen LogP contribution is -2.57. The van der Waals surface area contributed by atoms with Crippen molar-refractivity contribution in [3.05, 3.63) is 63.7 Å². The lowest BCUT2D eigenvalue weighted by molar-refractivity contribution is -0.146. The molecule has 0 aromatic heterocycles. The first-order valence-electron chi connectivity index (χ1n) is 13.4. The number of nitrogens with one attached hydrogen (secondary N) is 2. The molecule has 0 saturated heterocycles. The molecule has 2 aromatic rings. The summed E-state index contributed by atoms with van der Waals surface area (Å²) in [4.78, 5) is 54.6. The number of carbonyl (C=O) groups is 4. The van der Waals surface area contributed by atoms with E-state index in [1.165, 1.54) is 4.90 Å². The Balaban J connectivity index is 2.10. The Bertz CT molecular complexity index is 1270. The molecule has 0 aliphatic heterocycles.